The maximum atomic E-state index is 12.2. The van der Waals surface area contributed by atoms with Crippen molar-refractivity contribution in [1.29, 1.82) is 0 Å². The molecule has 2 N–H and O–H groups in total. The molecule has 1 aromatic rings. The first-order valence-corrected chi connectivity index (χ1v) is 11.3. The zero-order chi connectivity index (χ0) is 20.7. The number of carbonyl (C=O) groups excluding carboxylic acids is 1. The Morgan fingerprint density at radius 2 is 2.29 bits per heavy atom. The van der Waals surface area contributed by atoms with Gasteiger partial charge in [-0.2, -0.15) is 0 Å². The highest BCUT2D eigenvalue weighted by atomic mass is 32.2. The SMILES string of the molecule is CCCCC(C)(O)C/C=C/[C@H]1[C@H](C)OC(=O)N1CCSc1nc(C(=O)O)cs1. The van der Waals surface area contributed by atoms with E-state index in [2.05, 4.69) is 11.9 Å². The fourth-order valence-electron chi connectivity index (χ4n) is 2.95. The van der Waals surface area contributed by atoms with E-state index in [1.807, 2.05) is 26.0 Å². The van der Waals surface area contributed by atoms with Crippen molar-refractivity contribution >= 4 is 35.2 Å². The minimum absolute atomic E-state index is 0.0395. The van der Waals surface area contributed by atoms with Crippen molar-refractivity contribution in [2.24, 2.45) is 0 Å². The standard InChI is InChI=1S/C19H28N2O5S2/c1-4-5-8-19(3,25)9-6-7-15-13(2)26-18(24)21(15)10-11-27-17-20-14(12-28-17)16(22)23/h6-7,12-13,15,25H,4-5,8-11H2,1-3H3,(H,22,23)/b7-6+/t13-,15-,19?/m0/s1. The number of amides is 1. The number of aliphatic hydroxyl groups is 1. The van der Waals surface area contributed by atoms with Gasteiger partial charge in [0, 0.05) is 17.7 Å². The van der Waals surface area contributed by atoms with Gasteiger partial charge in [0.15, 0.2) is 10.0 Å². The molecule has 1 unspecified atom stereocenters. The molecule has 0 spiro atoms. The van der Waals surface area contributed by atoms with Crippen LogP contribution in [0.3, 0.4) is 0 Å². The molecule has 3 atom stereocenters. The lowest BCUT2D eigenvalue weighted by Gasteiger charge is -2.23. The molecule has 1 aliphatic heterocycles. The molecule has 1 aromatic heterocycles. The fourth-order valence-corrected chi connectivity index (χ4v) is 4.76. The van der Waals surface area contributed by atoms with Crippen molar-refractivity contribution < 1.29 is 24.5 Å². The fraction of sp³-hybridized carbons (Fsp3) is 0.632. The van der Waals surface area contributed by atoms with E-state index in [0.717, 1.165) is 19.3 Å². The Hall–Kier alpha value is -1.58. The zero-order valence-corrected chi connectivity index (χ0v) is 18.1. The lowest BCUT2D eigenvalue weighted by Crippen LogP contribution is -2.36. The molecule has 0 aromatic carbocycles. The van der Waals surface area contributed by atoms with Crippen LogP contribution >= 0.6 is 23.1 Å². The highest BCUT2D eigenvalue weighted by Gasteiger charge is 2.37. The van der Waals surface area contributed by atoms with Gasteiger partial charge in [0.1, 0.15) is 6.10 Å². The molecule has 0 bridgehead atoms. The van der Waals surface area contributed by atoms with Gasteiger partial charge in [-0.1, -0.05) is 43.7 Å². The molecular formula is C19H28N2O5S2. The molecule has 0 saturated carbocycles. The maximum absolute atomic E-state index is 12.2. The van der Waals surface area contributed by atoms with Crippen LogP contribution in [0.25, 0.3) is 0 Å². The van der Waals surface area contributed by atoms with Gasteiger partial charge in [-0.15, -0.1) is 11.3 Å². The van der Waals surface area contributed by atoms with Crippen LogP contribution in [0.5, 0.6) is 0 Å². The number of carboxylic acid groups (broad SMARTS) is 1. The minimum atomic E-state index is -1.04. The van der Waals surface area contributed by atoms with E-state index in [9.17, 15) is 14.7 Å². The molecule has 156 valence electrons. The Morgan fingerprint density at radius 3 is 2.93 bits per heavy atom. The van der Waals surface area contributed by atoms with Crippen LogP contribution in [0.2, 0.25) is 0 Å². The minimum Gasteiger partial charge on any atom is -0.476 e. The number of unbranched alkanes of at least 4 members (excludes halogenated alkanes) is 1. The van der Waals surface area contributed by atoms with E-state index in [1.165, 1.54) is 28.5 Å². The molecule has 1 aliphatic rings. The van der Waals surface area contributed by atoms with Gasteiger partial charge < -0.3 is 14.9 Å². The van der Waals surface area contributed by atoms with E-state index < -0.39 is 11.6 Å². The Bertz CT molecular complexity index is 704. The number of hydrogen-bond donors (Lipinski definition) is 2. The van der Waals surface area contributed by atoms with Gasteiger partial charge >= 0.3 is 12.1 Å². The predicted octanol–water partition coefficient (Wildman–Crippen LogP) is 4.03. The predicted molar refractivity (Wildman–Crippen MR) is 110 cm³/mol. The van der Waals surface area contributed by atoms with Gasteiger partial charge in [-0.05, 0) is 26.7 Å². The second kappa shape index (κ2) is 10.3. The molecule has 1 fully saturated rings. The summed E-state index contributed by atoms with van der Waals surface area (Å²) in [4.78, 5) is 28.7. The molecule has 2 heterocycles. The number of ether oxygens (including phenoxy) is 1. The van der Waals surface area contributed by atoms with Gasteiger partial charge in [-0.3, -0.25) is 4.90 Å². The van der Waals surface area contributed by atoms with Gasteiger partial charge in [0.05, 0.1) is 11.6 Å². The lowest BCUT2D eigenvalue weighted by atomic mass is 9.94. The highest BCUT2D eigenvalue weighted by Crippen LogP contribution is 2.26. The van der Waals surface area contributed by atoms with Crippen LogP contribution in [0, 0.1) is 0 Å². The molecule has 28 heavy (non-hydrogen) atoms. The number of nitrogens with zero attached hydrogens (tertiary/aromatic N) is 2. The number of hydrogen-bond acceptors (Lipinski definition) is 7. The molecule has 0 radical (unpaired) electrons. The maximum Gasteiger partial charge on any atom is 0.410 e. The van der Waals surface area contributed by atoms with Crippen LogP contribution in [-0.2, 0) is 4.74 Å². The average molecular weight is 429 g/mol. The first-order chi connectivity index (χ1) is 13.2. The summed E-state index contributed by atoms with van der Waals surface area (Å²) < 4.78 is 6.01. The number of rotatable bonds is 11. The number of aromatic nitrogens is 1. The van der Waals surface area contributed by atoms with Crippen molar-refractivity contribution in [1.82, 2.24) is 9.88 Å². The summed E-state index contributed by atoms with van der Waals surface area (Å²) >= 11 is 2.70. The van der Waals surface area contributed by atoms with Gasteiger partial charge in [0.2, 0.25) is 0 Å². The first kappa shape index (κ1) is 22.7. The van der Waals surface area contributed by atoms with Crippen molar-refractivity contribution in [2.75, 3.05) is 12.3 Å². The number of carboxylic acids is 1. The van der Waals surface area contributed by atoms with E-state index in [-0.39, 0.29) is 23.9 Å². The Labute approximate surface area is 173 Å². The first-order valence-electron chi connectivity index (χ1n) is 9.41. The van der Waals surface area contributed by atoms with Crippen molar-refractivity contribution in [3.05, 3.63) is 23.2 Å². The van der Waals surface area contributed by atoms with Crippen LogP contribution in [0.15, 0.2) is 21.9 Å². The smallest absolute Gasteiger partial charge is 0.410 e. The van der Waals surface area contributed by atoms with Gasteiger partial charge in [-0.25, -0.2) is 14.6 Å². The largest absolute Gasteiger partial charge is 0.476 e. The Balaban J connectivity index is 1.89. The molecule has 0 aliphatic carbocycles. The lowest BCUT2D eigenvalue weighted by molar-refractivity contribution is 0.0515. The highest BCUT2D eigenvalue weighted by molar-refractivity contribution is 8.01. The average Bonchev–Trinajstić information content (AvgIpc) is 3.19. The van der Waals surface area contributed by atoms with E-state index >= 15 is 0 Å². The van der Waals surface area contributed by atoms with Crippen molar-refractivity contribution in [2.45, 2.75) is 68.5 Å². The molecule has 9 heteroatoms. The Kier molecular flexibility index (Phi) is 8.33. The second-order valence-corrected chi connectivity index (χ2v) is 9.36. The molecular weight excluding hydrogens is 400 g/mol. The third-order valence-corrected chi connectivity index (χ3v) is 6.58. The third kappa shape index (κ3) is 6.49. The molecule has 7 nitrogen and oxygen atoms in total. The summed E-state index contributed by atoms with van der Waals surface area (Å²) in [7, 11) is 0. The second-order valence-electron chi connectivity index (χ2n) is 7.16. The number of thiazole rings is 1. The summed E-state index contributed by atoms with van der Waals surface area (Å²) in [6.45, 7) is 6.26. The third-order valence-electron chi connectivity index (χ3n) is 4.58. The number of cyclic esters (lactones) is 1. The molecule has 1 amide bonds. The zero-order valence-electron chi connectivity index (χ0n) is 16.5. The van der Waals surface area contributed by atoms with E-state index in [4.69, 9.17) is 9.84 Å². The molecule has 1 saturated heterocycles. The summed E-state index contributed by atoms with van der Waals surface area (Å²) in [6, 6.07) is -0.180. The number of thioether (sulfide) groups is 1. The topological polar surface area (TPSA) is 100.0 Å². The van der Waals surface area contributed by atoms with E-state index in [0.29, 0.717) is 23.1 Å². The van der Waals surface area contributed by atoms with Crippen LogP contribution < -0.4 is 0 Å². The van der Waals surface area contributed by atoms with Crippen LogP contribution in [0.4, 0.5) is 4.79 Å². The van der Waals surface area contributed by atoms with Crippen LogP contribution in [-0.4, -0.2) is 62.2 Å². The van der Waals surface area contributed by atoms with Crippen molar-refractivity contribution in [3.63, 3.8) is 0 Å². The quantitative estimate of drug-likeness (QED) is 0.405. The number of aromatic carboxylic acids is 1. The molecule has 2 rings (SSSR count). The van der Waals surface area contributed by atoms with Gasteiger partial charge in [0.25, 0.3) is 0 Å². The summed E-state index contributed by atoms with van der Waals surface area (Å²) in [6.07, 6.45) is 6.55. The summed E-state index contributed by atoms with van der Waals surface area (Å²) in [5, 5.41) is 20.8. The van der Waals surface area contributed by atoms with Crippen LogP contribution in [0.1, 0.15) is 56.9 Å². The van der Waals surface area contributed by atoms with Crippen molar-refractivity contribution in [3.8, 4) is 0 Å². The summed E-state index contributed by atoms with van der Waals surface area (Å²) in [5.74, 6) is -0.451. The number of carbonyl (C=O) groups is 2. The van der Waals surface area contributed by atoms with E-state index in [1.54, 1.807) is 4.90 Å². The normalized spacial score (nSPS) is 21.9. The monoisotopic (exact) mass is 428 g/mol. The summed E-state index contributed by atoms with van der Waals surface area (Å²) in [5.41, 5.74) is -0.704. The Morgan fingerprint density at radius 1 is 1.54 bits per heavy atom.